The summed E-state index contributed by atoms with van der Waals surface area (Å²) < 4.78 is 37.5. The Balaban J connectivity index is 2.90. The fraction of sp³-hybridized carbons (Fsp3) is 0.222. The summed E-state index contributed by atoms with van der Waals surface area (Å²) in [4.78, 5) is 10.4. The number of carboxylic acids is 1. The number of nitrogens with zero attached hydrogens (tertiary/aromatic N) is 1. The largest absolute Gasteiger partial charge is 0.478 e. The molecule has 0 aliphatic rings. The highest BCUT2D eigenvalue weighted by Gasteiger charge is 2.47. The van der Waals surface area contributed by atoms with Crippen molar-refractivity contribution >= 4 is 5.97 Å². The summed E-state index contributed by atoms with van der Waals surface area (Å²) in [5.74, 6) is -5.89. The maximum Gasteiger partial charge on any atom is 0.362 e. The van der Waals surface area contributed by atoms with Crippen molar-refractivity contribution in [3.8, 4) is 0 Å². The van der Waals surface area contributed by atoms with Gasteiger partial charge in [0, 0.05) is 6.42 Å². The summed E-state index contributed by atoms with van der Waals surface area (Å²) >= 11 is 0. The topological polar surface area (TPSA) is 40.5 Å². The molecule has 0 spiro atoms. The smallest absolute Gasteiger partial charge is 0.362 e. The van der Waals surface area contributed by atoms with Gasteiger partial charge in [-0.05, 0) is 5.56 Å². The molecule has 1 aromatic rings. The Morgan fingerprint density at radius 3 is 2.27 bits per heavy atom. The fourth-order valence-corrected chi connectivity index (χ4v) is 1.07. The lowest BCUT2D eigenvalue weighted by molar-refractivity contribution is -0.275. The number of carbonyl (C=O) groups is 1. The zero-order valence-electron chi connectivity index (χ0n) is 7.53. The number of benzene rings is 1. The molecular formula is C9H8F3NO2. The van der Waals surface area contributed by atoms with Crippen LogP contribution in [0.3, 0.4) is 0 Å². The molecule has 6 heteroatoms. The van der Waals surface area contributed by atoms with Crippen LogP contribution in [0.25, 0.3) is 0 Å². The van der Waals surface area contributed by atoms with Gasteiger partial charge >= 0.3 is 11.8 Å². The predicted molar refractivity (Wildman–Crippen MR) is 45.7 cm³/mol. The number of hydrogen-bond donors (Lipinski definition) is 1. The molecular weight excluding hydrogens is 211 g/mol. The maximum atomic E-state index is 13.3. The lowest BCUT2D eigenvalue weighted by atomic mass is 10.0. The minimum atomic E-state index is -3.68. The summed E-state index contributed by atoms with van der Waals surface area (Å²) in [6.07, 6.45) is -0.907. The van der Waals surface area contributed by atoms with Gasteiger partial charge in [-0.3, -0.25) is 0 Å². The first-order chi connectivity index (χ1) is 6.97. The molecule has 0 aromatic heterocycles. The van der Waals surface area contributed by atoms with Crippen molar-refractivity contribution in [1.29, 1.82) is 0 Å². The Kier molecular flexibility index (Phi) is 3.31. The van der Waals surface area contributed by atoms with E-state index in [1.807, 2.05) is 0 Å². The minimum absolute atomic E-state index is 0.183. The van der Waals surface area contributed by atoms with Crippen LogP contribution in [0.4, 0.5) is 13.4 Å². The third kappa shape index (κ3) is 2.47. The molecule has 0 bridgehead atoms. The van der Waals surface area contributed by atoms with E-state index < -0.39 is 23.5 Å². The van der Waals surface area contributed by atoms with Gasteiger partial charge in [0.2, 0.25) is 0 Å². The number of aliphatic carboxylic acids is 1. The van der Waals surface area contributed by atoms with Crippen LogP contribution in [0.2, 0.25) is 0 Å². The van der Waals surface area contributed by atoms with Gasteiger partial charge < -0.3 is 5.11 Å². The van der Waals surface area contributed by atoms with Crippen LogP contribution >= 0.6 is 0 Å². The number of rotatable bonds is 4. The Labute approximate surface area is 83.6 Å². The normalized spacial score (nSPS) is 14.9. The Bertz CT molecular complexity index is 344. The van der Waals surface area contributed by atoms with Gasteiger partial charge in [-0.15, -0.1) is 0 Å². The molecule has 82 valence electrons. The van der Waals surface area contributed by atoms with Gasteiger partial charge in [0.15, 0.2) is 0 Å². The van der Waals surface area contributed by atoms with E-state index in [1.165, 1.54) is 24.3 Å². The van der Waals surface area contributed by atoms with Gasteiger partial charge in [-0.25, -0.2) is 9.18 Å². The molecule has 1 aromatic carbocycles. The lowest BCUT2D eigenvalue weighted by Gasteiger charge is -2.19. The third-order valence-electron chi connectivity index (χ3n) is 1.88. The van der Waals surface area contributed by atoms with E-state index in [2.05, 4.69) is 0 Å². The molecule has 0 fully saturated rings. The van der Waals surface area contributed by atoms with E-state index in [4.69, 9.17) is 5.11 Å². The van der Waals surface area contributed by atoms with Crippen molar-refractivity contribution in [3.63, 3.8) is 0 Å². The third-order valence-corrected chi connectivity index (χ3v) is 1.88. The van der Waals surface area contributed by atoms with E-state index in [9.17, 15) is 18.1 Å². The Morgan fingerprint density at radius 1 is 1.33 bits per heavy atom. The van der Waals surface area contributed by atoms with Crippen molar-refractivity contribution in [2.45, 2.75) is 12.2 Å². The number of hydrogen-bond acceptors (Lipinski definition) is 2. The molecule has 0 heterocycles. The van der Waals surface area contributed by atoms with Crippen molar-refractivity contribution in [3.05, 3.63) is 35.9 Å². The molecule has 15 heavy (non-hydrogen) atoms. The van der Waals surface area contributed by atoms with Crippen LogP contribution in [0.5, 0.6) is 0 Å². The standard InChI is InChI=1S/C9H8F3NO2/c10-9(8(14)15,13(11)12)6-7-4-2-1-3-5-7/h1-5H,6H2,(H,14,15)/t9-/m0/s1. The Morgan fingerprint density at radius 2 is 1.87 bits per heavy atom. The lowest BCUT2D eigenvalue weighted by Crippen LogP contribution is -2.45. The zero-order chi connectivity index (χ0) is 11.5. The van der Waals surface area contributed by atoms with Crippen LogP contribution in [-0.2, 0) is 11.2 Å². The van der Waals surface area contributed by atoms with Gasteiger partial charge in [-0.2, -0.15) is 0 Å². The Hall–Kier alpha value is -1.56. The second-order valence-corrected chi connectivity index (χ2v) is 2.96. The molecule has 1 atom stereocenters. The second-order valence-electron chi connectivity index (χ2n) is 2.96. The number of alkyl halides is 1. The van der Waals surface area contributed by atoms with Crippen LogP contribution in [0, 0.1) is 0 Å². The average Bonchev–Trinajstić information content (AvgIpc) is 2.18. The first-order valence-corrected chi connectivity index (χ1v) is 4.05. The first kappa shape index (κ1) is 11.5. The van der Waals surface area contributed by atoms with Gasteiger partial charge in [-0.1, -0.05) is 39.3 Å². The molecule has 0 aliphatic heterocycles. The molecule has 0 saturated heterocycles. The molecule has 1 rings (SSSR count). The van der Waals surface area contributed by atoms with E-state index in [0.717, 1.165) is 0 Å². The highest BCUT2D eigenvalue weighted by atomic mass is 19.4. The highest BCUT2D eigenvalue weighted by Crippen LogP contribution is 2.24. The predicted octanol–water partition coefficient (Wildman–Crippen LogP) is 2.05. The van der Waals surface area contributed by atoms with Crippen molar-refractivity contribution < 1.29 is 23.3 Å². The molecule has 1 N–H and O–H groups in total. The summed E-state index contributed by atoms with van der Waals surface area (Å²) in [6, 6.07) is 7.39. The summed E-state index contributed by atoms with van der Waals surface area (Å²) in [6.45, 7) is 0. The van der Waals surface area contributed by atoms with E-state index in [0.29, 0.717) is 0 Å². The average molecular weight is 219 g/mol. The number of carboxylic acid groups (broad SMARTS) is 1. The minimum Gasteiger partial charge on any atom is -0.478 e. The highest BCUT2D eigenvalue weighted by molar-refractivity contribution is 5.76. The zero-order valence-corrected chi connectivity index (χ0v) is 7.53. The van der Waals surface area contributed by atoms with E-state index in [1.54, 1.807) is 6.07 Å². The number of halogens is 3. The first-order valence-electron chi connectivity index (χ1n) is 4.05. The van der Waals surface area contributed by atoms with Crippen molar-refractivity contribution in [2.24, 2.45) is 0 Å². The molecule has 0 amide bonds. The van der Waals surface area contributed by atoms with E-state index >= 15 is 0 Å². The molecule has 0 radical (unpaired) electrons. The SMILES string of the molecule is O=C(O)[C@](F)(Cc1ccccc1)N(F)F. The summed E-state index contributed by atoms with van der Waals surface area (Å²) in [5, 5.41) is 6.44. The van der Waals surface area contributed by atoms with Crippen LogP contribution < -0.4 is 0 Å². The molecule has 3 nitrogen and oxygen atoms in total. The van der Waals surface area contributed by atoms with Gasteiger partial charge in [0.05, 0.1) is 5.34 Å². The van der Waals surface area contributed by atoms with Crippen molar-refractivity contribution in [2.75, 3.05) is 0 Å². The summed E-state index contributed by atoms with van der Waals surface area (Å²) in [5.41, 5.74) is 0.183. The van der Waals surface area contributed by atoms with E-state index in [-0.39, 0.29) is 5.56 Å². The molecule has 0 aliphatic carbocycles. The van der Waals surface area contributed by atoms with Crippen LogP contribution in [0.1, 0.15) is 5.56 Å². The van der Waals surface area contributed by atoms with Gasteiger partial charge in [0.25, 0.3) is 0 Å². The summed E-state index contributed by atoms with van der Waals surface area (Å²) in [7, 11) is 0. The molecule has 0 unspecified atom stereocenters. The van der Waals surface area contributed by atoms with Crippen LogP contribution in [0.15, 0.2) is 30.3 Å². The molecule has 0 saturated carbocycles. The fourth-order valence-electron chi connectivity index (χ4n) is 1.07. The maximum absolute atomic E-state index is 13.3. The second kappa shape index (κ2) is 4.31. The monoisotopic (exact) mass is 219 g/mol. The quantitative estimate of drug-likeness (QED) is 0.622. The van der Waals surface area contributed by atoms with Gasteiger partial charge in [0.1, 0.15) is 0 Å². The van der Waals surface area contributed by atoms with Crippen LogP contribution in [-0.4, -0.2) is 22.2 Å². The van der Waals surface area contributed by atoms with Crippen molar-refractivity contribution in [1.82, 2.24) is 5.34 Å².